The van der Waals surface area contributed by atoms with Gasteiger partial charge < -0.3 is 5.32 Å². The summed E-state index contributed by atoms with van der Waals surface area (Å²) >= 11 is 3.31. The second-order valence-corrected chi connectivity index (χ2v) is 5.78. The van der Waals surface area contributed by atoms with E-state index in [2.05, 4.69) is 38.1 Å². The van der Waals surface area contributed by atoms with Gasteiger partial charge in [-0.15, -0.1) is 0 Å². The zero-order chi connectivity index (χ0) is 13.0. The van der Waals surface area contributed by atoms with Crippen molar-refractivity contribution in [1.29, 1.82) is 0 Å². The molecular weight excluding hydrogens is 294 g/mol. The lowest BCUT2D eigenvalue weighted by Crippen LogP contribution is -2.38. The molecule has 1 aromatic rings. The molecule has 0 aromatic carbocycles. The van der Waals surface area contributed by atoms with Crippen molar-refractivity contribution in [2.45, 2.75) is 19.8 Å². The fourth-order valence-corrected chi connectivity index (χ4v) is 2.29. The molecule has 0 saturated carbocycles. The minimum Gasteiger partial charge on any atom is -0.310 e. The van der Waals surface area contributed by atoms with Crippen LogP contribution >= 0.6 is 15.9 Å². The van der Waals surface area contributed by atoms with Gasteiger partial charge in [-0.1, -0.05) is 6.92 Å². The minimum atomic E-state index is 0.0133. The number of halogens is 1. The van der Waals surface area contributed by atoms with Gasteiger partial charge in [0, 0.05) is 10.7 Å². The number of aromatic nitrogens is 1. The number of hydrogen-bond donors (Lipinski definition) is 1. The quantitative estimate of drug-likeness (QED) is 0.933. The van der Waals surface area contributed by atoms with Crippen LogP contribution in [0.2, 0.25) is 0 Å². The van der Waals surface area contributed by atoms with E-state index in [1.807, 2.05) is 6.07 Å². The van der Waals surface area contributed by atoms with Gasteiger partial charge in [0.15, 0.2) is 0 Å². The highest BCUT2D eigenvalue weighted by Crippen LogP contribution is 2.16. The number of nitrogens with zero attached hydrogens (tertiary/aromatic N) is 2. The Kier molecular flexibility index (Phi) is 4.72. The lowest BCUT2D eigenvalue weighted by molar-refractivity contribution is -0.117. The SMILES string of the molecule is CC1CCN(CC(=O)Nc2ccc(Br)cn2)CC1. The van der Waals surface area contributed by atoms with Gasteiger partial charge >= 0.3 is 0 Å². The molecule has 18 heavy (non-hydrogen) atoms. The molecule has 5 heteroatoms. The molecule has 1 aliphatic rings. The lowest BCUT2D eigenvalue weighted by atomic mass is 9.99. The lowest BCUT2D eigenvalue weighted by Gasteiger charge is -2.29. The fraction of sp³-hybridized carbons (Fsp3) is 0.538. The third-order valence-corrected chi connectivity index (χ3v) is 3.71. The molecule has 1 amide bonds. The van der Waals surface area contributed by atoms with Crippen molar-refractivity contribution < 1.29 is 4.79 Å². The largest absolute Gasteiger partial charge is 0.310 e. The van der Waals surface area contributed by atoms with Gasteiger partial charge in [-0.2, -0.15) is 0 Å². The first kappa shape index (κ1) is 13.5. The standard InChI is InChI=1S/C13H18BrN3O/c1-10-4-6-17(7-5-10)9-13(18)16-12-3-2-11(14)8-15-12/h2-3,8,10H,4-7,9H2,1H3,(H,15,16,18). The Morgan fingerprint density at radius 3 is 2.83 bits per heavy atom. The number of piperidine rings is 1. The Labute approximate surface area is 116 Å². The van der Waals surface area contributed by atoms with Crippen molar-refractivity contribution >= 4 is 27.7 Å². The number of carbonyl (C=O) groups excluding carboxylic acids is 1. The summed E-state index contributed by atoms with van der Waals surface area (Å²) in [5, 5.41) is 2.82. The van der Waals surface area contributed by atoms with Crippen molar-refractivity contribution in [3.8, 4) is 0 Å². The van der Waals surface area contributed by atoms with E-state index in [1.54, 1.807) is 12.3 Å². The Balaban J connectivity index is 1.80. The third-order valence-electron chi connectivity index (χ3n) is 3.24. The van der Waals surface area contributed by atoms with Crippen molar-refractivity contribution in [2.24, 2.45) is 5.92 Å². The summed E-state index contributed by atoms with van der Waals surface area (Å²) in [6.07, 6.45) is 4.05. The molecule has 1 N–H and O–H groups in total. The summed E-state index contributed by atoms with van der Waals surface area (Å²) in [7, 11) is 0. The predicted molar refractivity (Wildman–Crippen MR) is 75.4 cm³/mol. The monoisotopic (exact) mass is 311 g/mol. The Bertz CT molecular complexity index is 399. The van der Waals surface area contributed by atoms with Crippen molar-refractivity contribution in [2.75, 3.05) is 25.0 Å². The van der Waals surface area contributed by atoms with Crippen LogP contribution in [0, 0.1) is 5.92 Å². The molecule has 0 aliphatic carbocycles. The summed E-state index contributed by atoms with van der Waals surface area (Å²) in [4.78, 5) is 18.2. The van der Waals surface area contributed by atoms with Gasteiger partial charge in [0.1, 0.15) is 5.82 Å². The number of nitrogens with one attached hydrogen (secondary N) is 1. The first-order chi connectivity index (χ1) is 8.63. The summed E-state index contributed by atoms with van der Waals surface area (Å²) in [5.41, 5.74) is 0. The highest BCUT2D eigenvalue weighted by Gasteiger charge is 2.17. The maximum absolute atomic E-state index is 11.8. The van der Waals surface area contributed by atoms with E-state index >= 15 is 0 Å². The van der Waals surface area contributed by atoms with Gasteiger partial charge in [0.05, 0.1) is 6.54 Å². The summed E-state index contributed by atoms with van der Waals surface area (Å²) in [6, 6.07) is 3.66. The number of amides is 1. The highest BCUT2D eigenvalue weighted by molar-refractivity contribution is 9.10. The molecule has 1 aromatic heterocycles. The molecule has 98 valence electrons. The van der Waals surface area contributed by atoms with Crippen LogP contribution in [0.5, 0.6) is 0 Å². The number of rotatable bonds is 3. The van der Waals surface area contributed by atoms with Gasteiger partial charge in [-0.25, -0.2) is 4.98 Å². The molecule has 0 bridgehead atoms. The Hall–Kier alpha value is -0.940. The van der Waals surface area contributed by atoms with E-state index in [9.17, 15) is 4.79 Å². The maximum Gasteiger partial charge on any atom is 0.239 e. The van der Waals surface area contributed by atoms with E-state index in [1.165, 1.54) is 12.8 Å². The number of likely N-dealkylation sites (tertiary alicyclic amines) is 1. The van der Waals surface area contributed by atoms with Crippen molar-refractivity contribution in [3.63, 3.8) is 0 Å². The Morgan fingerprint density at radius 1 is 1.50 bits per heavy atom. The molecular formula is C13H18BrN3O. The first-order valence-corrected chi connectivity index (χ1v) is 7.06. The van der Waals surface area contributed by atoms with Crippen LogP contribution in [-0.2, 0) is 4.79 Å². The smallest absolute Gasteiger partial charge is 0.239 e. The summed E-state index contributed by atoms with van der Waals surface area (Å²) < 4.78 is 0.908. The average molecular weight is 312 g/mol. The van der Waals surface area contributed by atoms with Gasteiger partial charge in [0.2, 0.25) is 5.91 Å². The molecule has 0 unspecified atom stereocenters. The number of carbonyl (C=O) groups is 1. The fourth-order valence-electron chi connectivity index (χ4n) is 2.06. The molecule has 2 heterocycles. The molecule has 0 atom stereocenters. The minimum absolute atomic E-state index is 0.0133. The topological polar surface area (TPSA) is 45.2 Å². The van der Waals surface area contributed by atoms with Crippen LogP contribution < -0.4 is 5.32 Å². The van der Waals surface area contributed by atoms with E-state index in [0.29, 0.717) is 12.4 Å². The van der Waals surface area contributed by atoms with Gasteiger partial charge in [-0.05, 0) is 59.9 Å². The molecule has 1 aliphatic heterocycles. The number of hydrogen-bond acceptors (Lipinski definition) is 3. The average Bonchev–Trinajstić information content (AvgIpc) is 2.35. The van der Waals surface area contributed by atoms with E-state index in [0.717, 1.165) is 23.5 Å². The maximum atomic E-state index is 11.8. The summed E-state index contributed by atoms with van der Waals surface area (Å²) in [6.45, 7) is 4.76. The van der Waals surface area contributed by atoms with Crippen LogP contribution in [0.1, 0.15) is 19.8 Å². The van der Waals surface area contributed by atoms with Crippen LogP contribution in [-0.4, -0.2) is 35.4 Å². The van der Waals surface area contributed by atoms with Crippen LogP contribution in [0.15, 0.2) is 22.8 Å². The first-order valence-electron chi connectivity index (χ1n) is 6.27. The molecule has 0 radical (unpaired) electrons. The second kappa shape index (κ2) is 6.29. The van der Waals surface area contributed by atoms with Crippen LogP contribution in [0.25, 0.3) is 0 Å². The van der Waals surface area contributed by atoms with Crippen molar-refractivity contribution in [1.82, 2.24) is 9.88 Å². The third kappa shape index (κ3) is 4.07. The van der Waals surface area contributed by atoms with Crippen LogP contribution in [0.4, 0.5) is 5.82 Å². The van der Waals surface area contributed by atoms with E-state index < -0.39 is 0 Å². The molecule has 2 rings (SSSR count). The second-order valence-electron chi connectivity index (χ2n) is 4.87. The van der Waals surface area contributed by atoms with Crippen LogP contribution in [0.3, 0.4) is 0 Å². The van der Waals surface area contributed by atoms with E-state index in [-0.39, 0.29) is 5.91 Å². The van der Waals surface area contributed by atoms with E-state index in [4.69, 9.17) is 0 Å². The zero-order valence-corrected chi connectivity index (χ0v) is 12.1. The Morgan fingerprint density at radius 2 is 2.22 bits per heavy atom. The molecule has 0 spiro atoms. The van der Waals surface area contributed by atoms with Crippen molar-refractivity contribution in [3.05, 3.63) is 22.8 Å². The molecule has 4 nitrogen and oxygen atoms in total. The molecule has 1 saturated heterocycles. The predicted octanol–water partition coefficient (Wildman–Crippen LogP) is 2.51. The number of pyridine rings is 1. The van der Waals surface area contributed by atoms with Gasteiger partial charge in [-0.3, -0.25) is 9.69 Å². The summed E-state index contributed by atoms with van der Waals surface area (Å²) in [5.74, 6) is 1.41. The normalized spacial score (nSPS) is 17.7. The highest BCUT2D eigenvalue weighted by atomic mass is 79.9. The van der Waals surface area contributed by atoms with Gasteiger partial charge in [0.25, 0.3) is 0 Å². The number of anilines is 1. The molecule has 1 fully saturated rings. The zero-order valence-electron chi connectivity index (χ0n) is 10.5.